The highest BCUT2D eigenvalue weighted by Gasteiger charge is 2.04. The van der Waals surface area contributed by atoms with Crippen molar-refractivity contribution in [2.45, 2.75) is 26.7 Å². The number of nitrogens with one attached hydrogen (secondary N) is 1. The number of H-pyrrole nitrogens is 1. The van der Waals surface area contributed by atoms with E-state index in [2.05, 4.69) is 28.8 Å². The summed E-state index contributed by atoms with van der Waals surface area (Å²) in [7, 11) is 0. The van der Waals surface area contributed by atoms with Crippen molar-refractivity contribution in [3.8, 4) is 0 Å². The van der Waals surface area contributed by atoms with Crippen molar-refractivity contribution in [2.75, 3.05) is 0 Å². The first-order valence-electron chi connectivity index (χ1n) is 4.50. The van der Waals surface area contributed by atoms with Crippen LogP contribution in [-0.2, 0) is 0 Å². The fourth-order valence-corrected chi connectivity index (χ4v) is 1.35. The molecule has 0 unspecified atom stereocenters. The van der Waals surface area contributed by atoms with Crippen molar-refractivity contribution in [1.82, 2.24) is 15.0 Å². The lowest BCUT2D eigenvalue weighted by Gasteiger charge is -2.01. The minimum Gasteiger partial charge on any atom is -0.341 e. The summed E-state index contributed by atoms with van der Waals surface area (Å²) in [5.41, 5.74) is 2.93. The van der Waals surface area contributed by atoms with E-state index in [-0.39, 0.29) is 1.43 Å². The van der Waals surface area contributed by atoms with Crippen molar-refractivity contribution in [2.24, 2.45) is 0 Å². The number of pyridine rings is 1. The molecule has 0 fully saturated rings. The second kappa shape index (κ2) is 2.83. The number of hydrogen-bond acceptors (Lipinski definition) is 2. The fraction of sp³-hybridized carbons (Fsp3) is 0.400. The van der Waals surface area contributed by atoms with Crippen LogP contribution >= 0.6 is 0 Å². The molecule has 2 aromatic rings. The average Bonchev–Trinajstić information content (AvgIpc) is 2.42. The Balaban J connectivity index is 0.000000980. The number of rotatable bonds is 1. The summed E-state index contributed by atoms with van der Waals surface area (Å²) in [5, 5.41) is 0. The molecule has 0 bridgehead atoms. The van der Waals surface area contributed by atoms with Crippen LogP contribution in [0, 0.1) is 6.92 Å². The first kappa shape index (κ1) is 8.23. The molecule has 1 N–H and O–H groups in total. The summed E-state index contributed by atoms with van der Waals surface area (Å²) in [4.78, 5) is 11.9. The highest BCUT2D eigenvalue weighted by Crippen LogP contribution is 2.15. The first-order valence-corrected chi connectivity index (χ1v) is 4.50. The molecule has 70 valence electrons. The molecule has 0 spiro atoms. The molecule has 3 nitrogen and oxygen atoms in total. The SMILES string of the molecule is Cc1nc2nc(C(C)C)ccc2[nH]1.[HH]. The zero-order valence-electron chi connectivity index (χ0n) is 8.13. The lowest BCUT2D eigenvalue weighted by Crippen LogP contribution is -1.91. The third-order valence-electron chi connectivity index (χ3n) is 2.08. The smallest absolute Gasteiger partial charge is 0.177 e. The lowest BCUT2D eigenvalue weighted by molar-refractivity contribution is 0.828. The van der Waals surface area contributed by atoms with Gasteiger partial charge >= 0.3 is 0 Å². The maximum absolute atomic E-state index is 4.45. The summed E-state index contributed by atoms with van der Waals surface area (Å²) >= 11 is 0. The van der Waals surface area contributed by atoms with Crippen LogP contribution in [-0.4, -0.2) is 15.0 Å². The average molecular weight is 177 g/mol. The monoisotopic (exact) mass is 177 g/mol. The van der Waals surface area contributed by atoms with Crippen molar-refractivity contribution >= 4 is 11.2 Å². The highest BCUT2D eigenvalue weighted by molar-refractivity contribution is 5.70. The van der Waals surface area contributed by atoms with Gasteiger partial charge in [-0.1, -0.05) is 13.8 Å². The molecule has 0 saturated heterocycles. The topological polar surface area (TPSA) is 41.6 Å². The van der Waals surface area contributed by atoms with E-state index in [1.165, 1.54) is 0 Å². The standard InChI is InChI=1S/C10H13N3.H2/c1-6(2)8-4-5-9-10(13-8)12-7(3)11-9;/h4-6H,1-3H3,(H,11,12,13);1H. The Morgan fingerprint density at radius 3 is 2.77 bits per heavy atom. The number of aromatic nitrogens is 3. The quantitative estimate of drug-likeness (QED) is 0.727. The Labute approximate surface area is 78.7 Å². The van der Waals surface area contributed by atoms with Gasteiger partial charge in [-0.25, -0.2) is 9.97 Å². The van der Waals surface area contributed by atoms with E-state index in [1.807, 2.05) is 19.1 Å². The van der Waals surface area contributed by atoms with Crippen LogP contribution in [0.15, 0.2) is 12.1 Å². The van der Waals surface area contributed by atoms with Gasteiger partial charge in [0.2, 0.25) is 0 Å². The first-order chi connectivity index (χ1) is 6.16. The summed E-state index contributed by atoms with van der Waals surface area (Å²) < 4.78 is 0. The van der Waals surface area contributed by atoms with Crippen LogP contribution in [0.5, 0.6) is 0 Å². The molecule has 2 aromatic heterocycles. The Hall–Kier alpha value is -1.38. The number of aryl methyl sites for hydroxylation is 1. The maximum Gasteiger partial charge on any atom is 0.177 e. The molecule has 0 aliphatic carbocycles. The normalized spacial score (nSPS) is 11.4. The zero-order chi connectivity index (χ0) is 9.42. The Morgan fingerprint density at radius 1 is 1.31 bits per heavy atom. The largest absolute Gasteiger partial charge is 0.341 e. The van der Waals surface area contributed by atoms with Gasteiger partial charge in [-0.05, 0) is 25.0 Å². The molecule has 0 radical (unpaired) electrons. The molecule has 2 rings (SSSR count). The predicted molar refractivity (Wildman–Crippen MR) is 54.8 cm³/mol. The summed E-state index contributed by atoms with van der Waals surface area (Å²) in [5.74, 6) is 1.38. The van der Waals surface area contributed by atoms with Crippen molar-refractivity contribution in [3.05, 3.63) is 23.7 Å². The van der Waals surface area contributed by atoms with Crippen molar-refractivity contribution < 1.29 is 1.43 Å². The van der Waals surface area contributed by atoms with Gasteiger partial charge in [0, 0.05) is 7.12 Å². The predicted octanol–water partition coefficient (Wildman–Crippen LogP) is 2.64. The van der Waals surface area contributed by atoms with E-state index >= 15 is 0 Å². The molecular formula is C10H15N3. The number of aromatic amines is 1. The van der Waals surface area contributed by atoms with Crippen molar-refractivity contribution in [3.63, 3.8) is 0 Å². The van der Waals surface area contributed by atoms with Crippen LogP contribution in [0.4, 0.5) is 0 Å². The van der Waals surface area contributed by atoms with Crippen LogP contribution < -0.4 is 0 Å². The van der Waals surface area contributed by atoms with Crippen LogP contribution in [0.1, 0.15) is 32.7 Å². The molecule has 0 aromatic carbocycles. The molecule has 3 heteroatoms. The third kappa shape index (κ3) is 1.41. The van der Waals surface area contributed by atoms with E-state index in [1.54, 1.807) is 0 Å². The molecular weight excluding hydrogens is 162 g/mol. The molecule has 0 aliphatic heterocycles. The zero-order valence-corrected chi connectivity index (χ0v) is 8.13. The minimum absolute atomic E-state index is 0. The molecule has 2 heterocycles. The van der Waals surface area contributed by atoms with Gasteiger partial charge in [-0.3, -0.25) is 0 Å². The second-order valence-corrected chi connectivity index (χ2v) is 3.58. The molecule has 13 heavy (non-hydrogen) atoms. The number of nitrogens with zero attached hydrogens (tertiary/aromatic N) is 2. The number of fused-ring (bicyclic) bond motifs is 1. The van der Waals surface area contributed by atoms with Gasteiger partial charge in [0.1, 0.15) is 5.82 Å². The third-order valence-corrected chi connectivity index (χ3v) is 2.08. The number of hydrogen-bond donors (Lipinski definition) is 1. The number of imidazole rings is 1. The maximum atomic E-state index is 4.45. The van der Waals surface area contributed by atoms with E-state index in [0.717, 1.165) is 22.7 Å². The van der Waals surface area contributed by atoms with E-state index in [4.69, 9.17) is 0 Å². The van der Waals surface area contributed by atoms with Gasteiger partial charge in [0.15, 0.2) is 5.65 Å². The summed E-state index contributed by atoms with van der Waals surface area (Å²) in [6.07, 6.45) is 0. The van der Waals surface area contributed by atoms with Gasteiger partial charge < -0.3 is 4.98 Å². The second-order valence-electron chi connectivity index (χ2n) is 3.58. The summed E-state index contributed by atoms with van der Waals surface area (Å²) in [6.45, 7) is 6.21. The lowest BCUT2D eigenvalue weighted by atomic mass is 10.1. The van der Waals surface area contributed by atoms with Crippen molar-refractivity contribution in [1.29, 1.82) is 0 Å². The minimum atomic E-state index is 0. The Kier molecular flexibility index (Phi) is 1.79. The molecule has 0 atom stereocenters. The van der Waals surface area contributed by atoms with Crippen LogP contribution in [0.3, 0.4) is 0 Å². The van der Waals surface area contributed by atoms with Crippen LogP contribution in [0.2, 0.25) is 0 Å². The van der Waals surface area contributed by atoms with E-state index < -0.39 is 0 Å². The van der Waals surface area contributed by atoms with Gasteiger partial charge in [-0.2, -0.15) is 0 Å². The fourth-order valence-electron chi connectivity index (χ4n) is 1.35. The summed E-state index contributed by atoms with van der Waals surface area (Å²) in [6, 6.07) is 4.09. The Bertz CT molecular complexity index is 434. The van der Waals surface area contributed by atoms with Gasteiger partial charge in [-0.15, -0.1) is 0 Å². The van der Waals surface area contributed by atoms with Gasteiger partial charge in [0.25, 0.3) is 0 Å². The molecule has 0 aliphatic rings. The van der Waals surface area contributed by atoms with E-state index in [9.17, 15) is 0 Å². The van der Waals surface area contributed by atoms with Gasteiger partial charge in [0.05, 0.1) is 5.52 Å². The molecule has 0 saturated carbocycles. The van der Waals surface area contributed by atoms with Crippen LogP contribution in [0.25, 0.3) is 11.2 Å². The van der Waals surface area contributed by atoms with E-state index in [0.29, 0.717) is 5.92 Å². The highest BCUT2D eigenvalue weighted by atomic mass is 15.0. The molecule has 0 amide bonds. The Morgan fingerprint density at radius 2 is 2.08 bits per heavy atom.